The fourth-order valence-electron chi connectivity index (χ4n) is 2.46. The number of benzene rings is 1. The van der Waals surface area contributed by atoms with Crippen LogP contribution in [-0.2, 0) is 6.54 Å². The van der Waals surface area contributed by atoms with Gasteiger partial charge in [-0.15, -0.1) is 0 Å². The van der Waals surface area contributed by atoms with Gasteiger partial charge in [-0.1, -0.05) is 24.3 Å². The maximum absolute atomic E-state index is 11.2. The molecule has 1 aliphatic rings. The molecule has 0 unspecified atom stereocenters. The van der Waals surface area contributed by atoms with E-state index in [1.54, 1.807) is 18.5 Å². The number of aromatic nitrogens is 2. The van der Waals surface area contributed by atoms with Crippen molar-refractivity contribution >= 4 is 11.8 Å². The Morgan fingerprint density at radius 2 is 2.05 bits per heavy atom. The lowest BCUT2D eigenvalue weighted by atomic mass is 10.1. The van der Waals surface area contributed by atoms with Crippen molar-refractivity contribution in [3.63, 3.8) is 0 Å². The predicted molar refractivity (Wildman–Crippen MR) is 70.7 cm³/mol. The number of fused-ring (bicyclic) bond motifs is 1. The molecule has 96 valence electrons. The van der Waals surface area contributed by atoms with E-state index in [2.05, 4.69) is 10.1 Å². The van der Waals surface area contributed by atoms with Gasteiger partial charge in [0.1, 0.15) is 5.56 Å². The molecular formula is C14H13N3O2. The summed E-state index contributed by atoms with van der Waals surface area (Å²) >= 11 is 0. The highest BCUT2D eigenvalue weighted by molar-refractivity contribution is 6.04. The number of carboxylic acids is 1. The second-order valence-electron chi connectivity index (χ2n) is 4.56. The van der Waals surface area contributed by atoms with Crippen LogP contribution in [0.3, 0.4) is 0 Å². The van der Waals surface area contributed by atoms with Crippen molar-refractivity contribution in [3.05, 3.63) is 52.3 Å². The standard InChI is InChI=1S/C14H13N3O2/c1-8-12(14(18)19)9(2)17(16-8)13-11-6-4-3-5-10(11)7-15-13/h3-6H,7H2,1-2H3,(H,18,19). The largest absolute Gasteiger partial charge is 0.478 e. The zero-order chi connectivity index (χ0) is 13.6. The Hall–Kier alpha value is -2.43. The summed E-state index contributed by atoms with van der Waals surface area (Å²) in [6, 6.07) is 7.93. The molecule has 1 aromatic heterocycles. The first-order chi connectivity index (χ1) is 9.09. The molecule has 1 N–H and O–H groups in total. The zero-order valence-corrected chi connectivity index (χ0v) is 10.7. The van der Waals surface area contributed by atoms with Crippen LogP contribution < -0.4 is 0 Å². The van der Waals surface area contributed by atoms with E-state index in [9.17, 15) is 9.90 Å². The Labute approximate surface area is 110 Å². The Morgan fingerprint density at radius 3 is 2.74 bits per heavy atom. The Bertz CT molecular complexity index is 713. The van der Waals surface area contributed by atoms with Crippen molar-refractivity contribution < 1.29 is 9.90 Å². The molecule has 0 radical (unpaired) electrons. The van der Waals surface area contributed by atoms with E-state index in [1.807, 2.05) is 24.3 Å². The smallest absolute Gasteiger partial charge is 0.339 e. The highest BCUT2D eigenvalue weighted by Gasteiger charge is 2.24. The number of rotatable bonds is 1. The summed E-state index contributed by atoms with van der Waals surface area (Å²) < 4.78 is 1.63. The van der Waals surface area contributed by atoms with Gasteiger partial charge in [-0.3, -0.25) is 4.99 Å². The number of hydrogen-bond donors (Lipinski definition) is 1. The summed E-state index contributed by atoms with van der Waals surface area (Å²) in [6.07, 6.45) is 0. The van der Waals surface area contributed by atoms with Crippen LogP contribution in [0.15, 0.2) is 29.3 Å². The van der Waals surface area contributed by atoms with E-state index in [-0.39, 0.29) is 5.56 Å². The lowest BCUT2D eigenvalue weighted by Gasteiger charge is -2.05. The third-order valence-electron chi connectivity index (χ3n) is 3.36. The van der Waals surface area contributed by atoms with Crippen LogP contribution in [0, 0.1) is 13.8 Å². The lowest BCUT2D eigenvalue weighted by molar-refractivity contribution is 0.0695. The minimum absolute atomic E-state index is 0.257. The van der Waals surface area contributed by atoms with Gasteiger partial charge in [-0.25, -0.2) is 9.48 Å². The van der Waals surface area contributed by atoms with Gasteiger partial charge in [-0.2, -0.15) is 5.10 Å². The fraction of sp³-hybridized carbons (Fsp3) is 0.214. The van der Waals surface area contributed by atoms with Gasteiger partial charge < -0.3 is 5.11 Å². The van der Waals surface area contributed by atoms with E-state index in [0.29, 0.717) is 17.9 Å². The average molecular weight is 255 g/mol. The van der Waals surface area contributed by atoms with Gasteiger partial charge in [0.15, 0.2) is 5.84 Å². The molecule has 1 aliphatic heterocycles. The molecule has 0 amide bonds. The van der Waals surface area contributed by atoms with Crippen LogP contribution in [-0.4, -0.2) is 26.7 Å². The summed E-state index contributed by atoms with van der Waals surface area (Å²) in [5, 5.41) is 13.5. The second-order valence-corrected chi connectivity index (χ2v) is 4.56. The van der Waals surface area contributed by atoms with Crippen molar-refractivity contribution in [2.24, 2.45) is 4.99 Å². The number of aryl methyl sites for hydroxylation is 1. The minimum atomic E-state index is -0.951. The topological polar surface area (TPSA) is 67.5 Å². The zero-order valence-electron chi connectivity index (χ0n) is 10.7. The number of carboxylic acid groups (broad SMARTS) is 1. The molecule has 19 heavy (non-hydrogen) atoms. The van der Waals surface area contributed by atoms with E-state index in [4.69, 9.17) is 0 Å². The molecule has 2 heterocycles. The number of hydrogen-bond acceptors (Lipinski definition) is 3. The van der Waals surface area contributed by atoms with Gasteiger partial charge in [0.05, 0.1) is 17.9 Å². The van der Waals surface area contributed by atoms with Gasteiger partial charge >= 0.3 is 5.97 Å². The van der Waals surface area contributed by atoms with Crippen molar-refractivity contribution in [3.8, 4) is 0 Å². The molecule has 5 nitrogen and oxygen atoms in total. The molecular weight excluding hydrogens is 242 g/mol. The van der Waals surface area contributed by atoms with Crippen LogP contribution in [0.5, 0.6) is 0 Å². The van der Waals surface area contributed by atoms with E-state index in [1.165, 1.54) is 0 Å². The monoisotopic (exact) mass is 255 g/mol. The Morgan fingerprint density at radius 1 is 1.32 bits per heavy atom. The van der Waals surface area contributed by atoms with E-state index < -0.39 is 5.97 Å². The summed E-state index contributed by atoms with van der Waals surface area (Å²) in [5.41, 5.74) is 3.54. The van der Waals surface area contributed by atoms with Crippen LogP contribution in [0.25, 0.3) is 0 Å². The molecule has 3 rings (SSSR count). The normalized spacial score (nSPS) is 13.3. The molecule has 0 saturated heterocycles. The summed E-state index contributed by atoms with van der Waals surface area (Å²) in [7, 11) is 0. The number of aromatic carboxylic acids is 1. The quantitative estimate of drug-likeness (QED) is 0.847. The van der Waals surface area contributed by atoms with E-state index in [0.717, 1.165) is 17.0 Å². The van der Waals surface area contributed by atoms with E-state index >= 15 is 0 Å². The molecule has 0 bridgehead atoms. The van der Waals surface area contributed by atoms with Gasteiger partial charge in [0.25, 0.3) is 0 Å². The second kappa shape index (κ2) is 4.05. The average Bonchev–Trinajstić information content (AvgIpc) is 2.90. The fourth-order valence-corrected chi connectivity index (χ4v) is 2.46. The minimum Gasteiger partial charge on any atom is -0.478 e. The maximum atomic E-state index is 11.2. The van der Waals surface area contributed by atoms with Gasteiger partial charge in [0, 0.05) is 5.56 Å². The summed E-state index contributed by atoms with van der Waals surface area (Å²) in [4.78, 5) is 15.7. The molecule has 0 atom stereocenters. The predicted octanol–water partition coefficient (Wildman–Crippen LogP) is 2.01. The van der Waals surface area contributed by atoms with Crippen molar-refractivity contribution in [1.82, 2.24) is 9.78 Å². The molecule has 5 heteroatoms. The highest BCUT2D eigenvalue weighted by Crippen LogP contribution is 2.22. The number of carbonyl (C=O) groups is 1. The molecule has 0 aliphatic carbocycles. The number of nitrogens with zero attached hydrogens (tertiary/aromatic N) is 3. The highest BCUT2D eigenvalue weighted by atomic mass is 16.4. The molecule has 0 saturated carbocycles. The first-order valence-electron chi connectivity index (χ1n) is 6.02. The molecule has 0 spiro atoms. The Balaban J connectivity index is 2.16. The lowest BCUT2D eigenvalue weighted by Crippen LogP contribution is -2.15. The number of aliphatic imine (C=N–C) groups is 1. The van der Waals surface area contributed by atoms with Crippen molar-refractivity contribution in [2.45, 2.75) is 20.4 Å². The first-order valence-corrected chi connectivity index (χ1v) is 6.02. The third-order valence-corrected chi connectivity index (χ3v) is 3.36. The maximum Gasteiger partial charge on any atom is 0.339 e. The van der Waals surface area contributed by atoms with Gasteiger partial charge in [0.2, 0.25) is 0 Å². The van der Waals surface area contributed by atoms with Crippen molar-refractivity contribution in [2.75, 3.05) is 0 Å². The third kappa shape index (κ3) is 1.66. The van der Waals surface area contributed by atoms with Gasteiger partial charge in [-0.05, 0) is 19.4 Å². The first kappa shape index (κ1) is 11.6. The van der Waals surface area contributed by atoms with Crippen molar-refractivity contribution in [1.29, 1.82) is 0 Å². The molecule has 0 fully saturated rings. The van der Waals surface area contributed by atoms with Crippen LogP contribution in [0.1, 0.15) is 32.9 Å². The van der Waals surface area contributed by atoms with Crippen LogP contribution in [0.2, 0.25) is 0 Å². The van der Waals surface area contributed by atoms with Crippen LogP contribution in [0.4, 0.5) is 0 Å². The van der Waals surface area contributed by atoms with Crippen LogP contribution >= 0.6 is 0 Å². The summed E-state index contributed by atoms with van der Waals surface area (Å²) in [5.74, 6) is -0.225. The molecule has 1 aromatic carbocycles. The Kier molecular flexibility index (Phi) is 2.48. The molecule has 2 aromatic rings. The summed E-state index contributed by atoms with van der Waals surface area (Å²) in [6.45, 7) is 4.08. The SMILES string of the molecule is Cc1nn(C2=NCc3ccccc32)c(C)c1C(=O)O.